The first kappa shape index (κ1) is 16.1. The first-order valence-electron chi connectivity index (χ1n) is 6.88. The molecule has 0 bridgehead atoms. The minimum Gasteiger partial charge on any atom is -0.475 e. The Bertz CT molecular complexity index is 814. The lowest BCUT2D eigenvalue weighted by molar-refractivity contribution is -0.113. The summed E-state index contributed by atoms with van der Waals surface area (Å²) in [7, 11) is -1.53. The van der Waals surface area contributed by atoms with Crippen molar-refractivity contribution in [1.82, 2.24) is 0 Å². The standard InChI is InChI=1S/C15H13NO7S/c17-14(16-9-1-3-11-13(5-9)22-8-21-11)7-24(20)6-10-2-4-12(23-10)15(18)19/h1-5H,6-8H2,(H,16,17)(H,18,19). The average Bonchev–Trinajstić information content (AvgIpc) is 3.15. The van der Waals surface area contributed by atoms with Crippen molar-refractivity contribution in [2.45, 2.75) is 5.75 Å². The van der Waals surface area contributed by atoms with Crippen LogP contribution < -0.4 is 14.8 Å². The monoisotopic (exact) mass is 351 g/mol. The molecule has 0 spiro atoms. The number of anilines is 1. The van der Waals surface area contributed by atoms with E-state index in [1.165, 1.54) is 12.1 Å². The van der Waals surface area contributed by atoms with Crippen molar-refractivity contribution < 1.29 is 32.8 Å². The van der Waals surface area contributed by atoms with Crippen LogP contribution in [-0.4, -0.2) is 33.7 Å². The third-order valence-electron chi connectivity index (χ3n) is 3.12. The second-order valence-electron chi connectivity index (χ2n) is 4.92. The van der Waals surface area contributed by atoms with Crippen LogP contribution in [0, 0.1) is 0 Å². The topological polar surface area (TPSA) is 115 Å². The Balaban J connectivity index is 1.54. The normalized spacial score (nSPS) is 13.5. The molecule has 1 aliphatic rings. The third-order valence-corrected chi connectivity index (χ3v) is 4.31. The second kappa shape index (κ2) is 6.75. The molecule has 1 atom stereocenters. The van der Waals surface area contributed by atoms with E-state index in [9.17, 15) is 13.8 Å². The van der Waals surface area contributed by atoms with E-state index in [1.807, 2.05) is 0 Å². The van der Waals surface area contributed by atoms with E-state index >= 15 is 0 Å². The van der Waals surface area contributed by atoms with Crippen LogP contribution in [0.25, 0.3) is 0 Å². The Kier molecular flexibility index (Phi) is 4.52. The summed E-state index contributed by atoms with van der Waals surface area (Å²) in [6.07, 6.45) is 0. The number of nitrogens with one attached hydrogen (secondary N) is 1. The van der Waals surface area contributed by atoms with Gasteiger partial charge in [-0.25, -0.2) is 4.79 Å². The fourth-order valence-electron chi connectivity index (χ4n) is 2.10. The highest BCUT2D eigenvalue weighted by molar-refractivity contribution is 7.84. The molecule has 1 aliphatic heterocycles. The van der Waals surface area contributed by atoms with Crippen LogP contribution in [-0.2, 0) is 21.3 Å². The summed E-state index contributed by atoms with van der Waals surface area (Å²) in [5, 5.41) is 11.4. The highest BCUT2D eigenvalue weighted by atomic mass is 32.2. The quantitative estimate of drug-likeness (QED) is 0.812. The highest BCUT2D eigenvalue weighted by Gasteiger charge is 2.16. The highest BCUT2D eigenvalue weighted by Crippen LogP contribution is 2.34. The first-order chi connectivity index (χ1) is 11.5. The summed E-state index contributed by atoms with van der Waals surface area (Å²) in [4.78, 5) is 22.6. The van der Waals surface area contributed by atoms with Crippen LogP contribution >= 0.6 is 0 Å². The Labute approximate surface area is 138 Å². The molecule has 8 nitrogen and oxygen atoms in total. The van der Waals surface area contributed by atoms with Gasteiger partial charge in [0, 0.05) is 22.6 Å². The molecule has 0 radical (unpaired) electrons. The van der Waals surface area contributed by atoms with Gasteiger partial charge in [-0.1, -0.05) is 0 Å². The summed E-state index contributed by atoms with van der Waals surface area (Å²) < 4.78 is 27.4. The third kappa shape index (κ3) is 3.74. The lowest BCUT2D eigenvalue weighted by Gasteiger charge is -2.06. The number of amides is 1. The number of carbonyl (C=O) groups is 2. The minimum atomic E-state index is -1.53. The molecule has 3 rings (SSSR count). The van der Waals surface area contributed by atoms with Gasteiger partial charge in [0.2, 0.25) is 18.5 Å². The number of benzene rings is 1. The van der Waals surface area contributed by atoms with Gasteiger partial charge in [0.25, 0.3) is 0 Å². The number of fused-ring (bicyclic) bond motifs is 1. The number of carbonyl (C=O) groups excluding carboxylic acids is 1. The first-order valence-corrected chi connectivity index (χ1v) is 8.36. The van der Waals surface area contributed by atoms with Gasteiger partial charge in [0.05, 0.1) is 5.75 Å². The zero-order valence-electron chi connectivity index (χ0n) is 12.3. The number of rotatable bonds is 6. The van der Waals surface area contributed by atoms with Gasteiger partial charge in [-0.05, 0) is 24.3 Å². The van der Waals surface area contributed by atoms with Gasteiger partial charge in [0.15, 0.2) is 11.5 Å². The van der Waals surface area contributed by atoms with E-state index in [0.717, 1.165) is 0 Å². The van der Waals surface area contributed by atoms with E-state index in [0.29, 0.717) is 17.2 Å². The van der Waals surface area contributed by atoms with Crippen molar-refractivity contribution in [3.8, 4) is 11.5 Å². The lowest BCUT2D eigenvalue weighted by atomic mass is 10.3. The summed E-state index contributed by atoms with van der Waals surface area (Å²) in [6.45, 7) is 0.137. The Morgan fingerprint density at radius 3 is 2.71 bits per heavy atom. The van der Waals surface area contributed by atoms with Gasteiger partial charge < -0.3 is 24.3 Å². The molecule has 0 saturated heterocycles. The van der Waals surface area contributed by atoms with E-state index in [2.05, 4.69) is 5.32 Å². The van der Waals surface area contributed by atoms with Gasteiger partial charge in [-0.15, -0.1) is 0 Å². The lowest BCUT2D eigenvalue weighted by Crippen LogP contribution is -2.20. The second-order valence-corrected chi connectivity index (χ2v) is 6.37. The number of carboxylic acid groups (broad SMARTS) is 1. The predicted molar refractivity (Wildman–Crippen MR) is 83.6 cm³/mol. The smallest absolute Gasteiger partial charge is 0.371 e. The Morgan fingerprint density at radius 2 is 1.96 bits per heavy atom. The molecular weight excluding hydrogens is 338 g/mol. The molecule has 2 N–H and O–H groups in total. The molecule has 2 heterocycles. The molecular formula is C15H13NO7S. The average molecular weight is 351 g/mol. The Hall–Kier alpha value is -2.81. The molecule has 0 saturated carbocycles. The largest absolute Gasteiger partial charge is 0.475 e. The van der Waals surface area contributed by atoms with Gasteiger partial charge >= 0.3 is 5.97 Å². The number of hydrogen-bond acceptors (Lipinski definition) is 6. The molecule has 1 aromatic heterocycles. The van der Waals surface area contributed by atoms with Crippen molar-refractivity contribution in [1.29, 1.82) is 0 Å². The predicted octanol–water partition coefficient (Wildman–Crippen LogP) is 1.59. The van der Waals surface area contributed by atoms with Gasteiger partial charge in [0.1, 0.15) is 11.5 Å². The van der Waals surface area contributed by atoms with Gasteiger partial charge in [-0.2, -0.15) is 0 Å². The van der Waals surface area contributed by atoms with Crippen LogP contribution in [0.4, 0.5) is 5.69 Å². The van der Waals surface area contributed by atoms with Crippen molar-refractivity contribution in [2.24, 2.45) is 0 Å². The maximum atomic E-state index is 12.0. The molecule has 9 heteroatoms. The summed E-state index contributed by atoms with van der Waals surface area (Å²) >= 11 is 0. The maximum absolute atomic E-state index is 12.0. The summed E-state index contributed by atoms with van der Waals surface area (Å²) in [6, 6.07) is 7.65. The van der Waals surface area contributed by atoms with Crippen LogP contribution in [0.2, 0.25) is 0 Å². The van der Waals surface area contributed by atoms with Crippen molar-refractivity contribution >= 4 is 28.4 Å². The zero-order valence-corrected chi connectivity index (χ0v) is 13.1. The zero-order chi connectivity index (χ0) is 17.1. The van der Waals surface area contributed by atoms with Crippen LogP contribution in [0.1, 0.15) is 16.3 Å². The molecule has 1 unspecified atom stereocenters. The SMILES string of the molecule is O=C(CS(=O)Cc1ccc(C(=O)O)o1)Nc1ccc2c(c1)OCO2. The Morgan fingerprint density at radius 1 is 1.17 bits per heavy atom. The van der Waals surface area contributed by atoms with Crippen molar-refractivity contribution in [3.05, 3.63) is 41.9 Å². The summed E-state index contributed by atoms with van der Waals surface area (Å²) in [5.41, 5.74) is 0.507. The number of hydrogen-bond donors (Lipinski definition) is 2. The van der Waals surface area contributed by atoms with E-state index < -0.39 is 22.7 Å². The number of carboxylic acids is 1. The number of aromatic carboxylic acids is 1. The van der Waals surface area contributed by atoms with Crippen LogP contribution in [0.15, 0.2) is 34.7 Å². The minimum absolute atomic E-state index is 0.0398. The number of ether oxygens (including phenoxy) is 2. The fourth-order valence-corrected chi connectivity index (χ4v) is 3.04. The van der Waals surface area contributed by atoms with E-state index in [-0.39, 0.29) is 29.8 Å². The molecule has 0 fully saturated rings. The van der Waals surface area contributed by atoms with Gasteiger partial charge in [-0.3, -0.25) is 9.00 Å². The maximum Gasteiger partial charge on any atom is 0.371 e. The van der Waals surface area contributed by atoms with Crippen molar-refractivity contribution in [3.63, 3.8) is 0 Å². The van der Waals surface area contributed by atoms with Crippen LogP contribution in [0.3, 0.4) is 0 Å². The number of furan rings is 1. The van der Waals surface area contributed by atoms with E-state index in [1.54, 1.807) is 18.2 Å². The summed E-state index contributed by atoms with van der Waals surface area (Å²) in [5.74, 6) is -0.758. The fraction of sp³-hybridized carbons (Fsp3) is 0.200. The molecule has 24 heavy (non-hydrogen) atoms. The molecule has 2 aromatic rings. The molecule has 126 valence electrons. The van der Waals surface area contributed by atoms with E-state index in [4.69, 9.17) is 19.0 Å². The molecule has 1 aromatic carbocycles. The molecule has 0 aliphatic carbocycles. The van der Waals surface area contributed by atoms with Crippen LogP contribution in [0.5, 0.6) is 11.5 Å². The van der Waals surface area contributed by atoms with Crippen molar-refractivity contribution in [2.75, 3.05) is 17.9 Å². The molecule has 1 amide bonds.